The molecule has 0 saturated carbocycles. The summed E-state index contributed by atoms with van der Waals surface area (Å²) in [5.74, 6) is 0.460. The van der Waals surface area contributed by atoms with E-state index in [1.54, 1.807) is 6.07 Å². The van der Waals surface area contributed by atoms with Crippen LogP contribution in [-0.2, 0) is 6.42 Å². The number of fused-ring (bicyclic) bond motifs is 1. The van der Waals surface area contributed by atoms with Gasteiger partial charge in [-0.15, -0.1) is 0 Å². The Balaban J connectivity index is 2.42. The fourth-order valence-electron chi connectivity index (χ4n) is 1.82. The smallest absolute Gasteiger partial charge is 0.165 e. The van der Waals surface area contributed by atoms with Crippen LogP contribution in [0, 0.1) is 0 Å². The van der Waals surface area contributed by atoms with Crippen LogP contribution in [0.5, 0.6) is 11.5 Å². The van der Waals surface area contributed by atoms with E-state index in [1.165, 1.54) is 13.0 Å². The van der Waals surface area contributed by atoms with Crippen LogP contribution < -0.4 is 4.74 Å². The minimum absolute atomic E-state index is 0.0338. The van der Waals surface area contributed by atoms with E-state index in [2.05, 4.69) is 6.58 Å². The molecule has 0 aromatic heterocycles. The van der Waals surface area contributed by atoms with Crippen LogP contribution in [0.1, 0.15) is 29.8 Å². The number of phenolic OH excluding ortho intramolecular Hbond substituents is 1. The predicted molar refractivity (Wildman–Crippen MR) is 61.0 cm³/mol. The minimum Gasteiger partial charge on any atom is -0.504 e. The molecule has 1 aromatic carbocycles. The Hall–Kier alpha value is -1.77. The maximum atomic E-state index is 11.2. The van der Waals surface area contributed by atoms with Crippen molar-refractivity contribution in [2.45, 2.75) is 26.4 Å². The Morgan fingerprint density at radius 3 is 2.75 bits per heavy atom. The van der Waals surface area contributed by atoms with Crippen LogP contribution in [0.3, 0.4) is 0 Å². The number of carbonyl (C=O) groups is 1. The molecule has 1 aromatic rings. The first-order valence-corrected chi connectivity index (χ1v) is 5.18. The molecule has 2 rings (SSSR count). The lowest BCUT2D eigenvalue weighted by Crippen LogP contribution is -2.13. The molecule has 3 nitrogen and oxygen atoms in total. The van der Waals surface area contributed by atoms with Gasteiger partial charge in [0, 0.05) is 17.5 Å². The SMILES string of the molecule is C=C(C)[C@@H]1Cc2cc(C(C)=O)cc(O)c2O1. The van der Waals surface area contributed by atoms with Crippen LogP contribution in [0.4, 0.5) is 0 Å². The average molecular weight is 218 g/mol. The van der Waals surface area contributed by atoms with Crippen molar-refractivity contribution in [2.75, 3.05) is 0 Å². The van der Waals surface area contributed by atoms with Gasteiger partial charge in [-0.1, -0.05) is 6.58 Å². The van der Waals surface area contributed by atoms with E-state index in [0.29, 0.717) is 17.7 Å². The van der Waals surface area contributed by atoms with Crippen LogP contribution in [-0.4, -0.2) is 17.0 Å². The predicted octanol–water partition coefficient (Wildman–Crippen LogP) is 2.47. The first-order chi connectivity index (χ1) is 7.49. The summed E-state index contributed by atoms with van der Waals surface area (Å²) in [5, 5.41) is 9.75. The normalized spacial score (nSPS) is 17.8. The van der Waals surface area contributed by atoms with E-state index in [9.17, 15) is 9.90 Å². The molecule has 0 radical (unpaired) electrons. The highest BCUT2D eigenvalue weighted by molar-refractivity contribution is 5.95. The highest BCUT2D eigenvalue weighted by Gasteiger charge is 2.27. The second kappa shape index (κ2) is 3.67. The van der Waals surface area contributed by atoms with Crippen LogP contribution >= 0.6 is 0 Å². The molecule has 1 aliphatic rings. The number of benzene rings is 1. The zero-order chi connectivity index (χ0) is 11.9. The van der Waals surface area contributed by atoms with E-state index >= 15 is 0 Å². The van der Waals surface area contributed by atoms with Gasteiger partial charge in [-0.05, 0) is 31.6 Å². The lowest BCUT2D eigenvalue weighted by Gasteiger charge is -2.09. The van der Waals surface area contributed by atoms with Crippen molar-refractivity contribution in [3.63, 3.8) is 0 Å². The lowest BCUT2D eigenvalue weighted by atomic mass is 10.0. The largest absolute Gasteiger partial charge is 0.504 e. The Labute approximate surface area is 94.4 Å². The van der Waals surface area contributed by atoms with Crippen molar-refractivity contribution >= 4 is 5.78 Å². The minimum atomic E-state index is -0.0943. The van der Waals surface area contributed by atoms with Crippen molar-refractivity contribution in [1.29, 1.82) is 0 Å². The van der Waals surface area contributed by atoms with E-state index < -0.39 is 0 Å². The molecule has 0 unspecified atom stereocenters. The molecule has 0 bridgehead atoms. The lowest BCUT2D eigenvalue weighted by molar-refractivity contribution is 0.101. The Kier molecular flexibility index (Phi) is 2.46. The first-order valence-electron chi connectivity index (χ1n) is 5.18. The summed E-state index contributed by atoms with van der Waals surface area (Å²) in [6.45, 7) is 7.20. The van der Waals surface area contributed by atoms with E-state index in [0.717, 1.165) is 11.1 Å². The van der Waals surface area contributed by atoms with Crippen molar-refractivity contribution in [3.8, 4) is 11.5 Å². The molecule has 1 heterocycles. The van der Waals surface area contributed by atoms with Gasteiger partial charge >= 0.3 is 0 Å². The number of hydrogen-bond acceptors (Lipinski definition) is 3. The molecule has 3 heteroatoms. The number of Topliss-reactive ketones (excluding diaryl/α,β-unsaturated/α-hetero) is 1. The standard InChI is InChI=1S/C13H14O3/c1-7(2)12-6-10-4-9(8(3)14)5-11(15)13(10)16-12/h4-5,12,15H,1,6H2,2-3H3/t12-/m0/s1. The van der Waals surface area contributed by atoms with Gasteiger partial charge in [-0.25, -0.2) is 0 Å². The Bertz CT molecular complexity index is 474. The number of carbonyl (C=O) groups excluding carboxylic acids is 1. The number of hydrogen-bond donors (Lipinski definition) is 1. The van der Waals surface area contributed by atoms with Gasteiger partial charge in [0.1, 0.15) is 6.10 Å². The van der Waals surface area contributed by atoms with E-state index in [4.69, 9.17) is 4.74 Å². The summed E-state index contributed by atoms with van der Waals surface area (Å²) in [6, 6.07) is 3.22. The molecule has 0 amide bonds. The number of ketones is 1. The van der Waals surface area contributed by atoms with Gasteiger partial charge < -0.3 is 9.84 Å². The highest BCUT2D eigenvalue weighted by Crippen LogP contribution is 2.39. The molecule has 16 heavy (non-hydrogen) atoms. The van der Waals surface area contributed by atoms with Gasteiger partial charge in [0.05, 0.1) is 0 Å². The molecule has 0 fully saturated rings. The van der Waals surface area contributed by atoms with Gasteiger partial charge in [-0.2, -0.15) is 0 Å². The number of rotatable bonds is 2. The molecular weight excluding hydrogens is 204 g/mol. The van der Waals surface area contributed by atoms with Crippen molar-refractivity contribution in [1.82, 2.24) is 0 Å². The third-order valence-corrected chi connectivity index (χ3v) is 2.77. The molecule has 84 valence electrons. The molecule has 1 N–H and O–H groups in total. The van der Waals surface area contributed by atoms with Crippen molar-refractivity contribution < 1.29 is 14.6 Å². The monoisotopic (exact) mass is 218 g/mol. The number of ether oxygens (including phenoxy) is 1. The summed E-state index contributed by atoms with van der Waals surface area (Å²) in [5.41, 5.74) is 2.31. The molecule has 1 aliphatic heterocycles. The fraction of sp³-hybridized carbons (Fsp3) is 0.308. The van der Waals surface area contributed by atoms with Crippen LogP contribution in [0.15, 0.2) is 24.3 Å². The number of phenols is 1. The molecule has 0 spiro atoms. The third-order valence-electron chi connectivity index (χ3n) is 2.77. The van der Waals surface area contributed by atoms with Gasteiger partial charge in [-0.3, -0.25) is 4.79 Å². The summed E-state index contributed by atoms with van der Waals surface area (Å²) >= 11 is 0. The zero-order valence-corrected chi connectivity index (χ0v) is 9.41. The second-order valence-corrected chi connectivity index (χ2v) is 4.20. The molecular formula is C13H14O3. The quantitative estimate of drug-likeness (QED) is 0.612. The molecule has 0 saturated heterocycles. The van der Waals surface area contributed by atoms with Crippen molar-refractivity contribution in [3.05, 3.63) is 35.4 Å². The zero-order valence-electron chi connectivity index (χ0n) is 9.41. The Morgan fingerprint density at radius 1 is 1.50 bits per heavy atom. The van der Waals surface area contributed by atoms with E-state index in [1.807, 2.05) is 6.92 Å². The maximum Gasteiger partial charge on any atom is 0.165 e. The Morgan fingerprint density at radius 2 is 2.19 bits per heavy atom. The molecule has 1 atom stereocenters. The van der Waals surface area contributed by atoms with Crippen LogP contribution in [0.2, 0.25) is 0 Å². The average Bonchev–Trinajstić information content (AvgIpc) is 2.61. The summed E-state index contributed by atoms with van der Waals surface area (Å²) < 4.78 is 5.57. The summed E-state index contributed by atoms with van der Waals surface area (Å²) in [4.78, 5) is 11.2. The summed E-state index contributed by atoms with van der Waals surface area (Å²) in [6.07, 6.45) is 0.572. The first kappa shape index (κ1) is 10.7. The maximum absolute atomic E-state index is 11.2. The van der Waals surface area contributed by atoms with Crippen LogP contribution in [0.25, 0.3) is 0 Å². The van der Waals surface area contributed by atoms with E-state index in [-0.39, 0.29) is 17.6 Å². The van der Waals surface area contributed by atoms with Gasteiger partial charge in [0.25, 0.3) is 0 Å². The third kappa shape index (κ3) is 1.69. The number of aromatic hydroxyl groups is 1. The highest BCUT2D eigenvalue weighted by atomic mass is 16.5. The van der Waals surface area contributed by atoms with Gasteiger partial charge in [0.15, 0.2) is 17.3 Å². The van der Waals surface area contributed by atoms with Crippen molar-refractivity contribution in [2.24, 2.45) is 0 Å². The fourth-order valence-corrected chi connectivity index (χ4v) is 1.82. The topological polar surface area (TPSA) is 46.5 Å². The molecule has 0 aliphatic carbocycles. The summed E-state index contributed by atoms with van der Waals surface area (Å²) in [7, 11) is 0. The van der Waals surface area contributed by atoms with Gasteiger partial charge in [0.2, 0.25) is 0 Å². The second-order valence-electron chi connectivity index (χ2n) is 4.20.